The third-order valence-corrected chi connectivity index (χ3v) is 5.75. The molecule has 2 aliphatic rings. The summed E-state index contributed by atoms with van der Waals surface area (Å²) in [5.41, 5.74) is 0.742. The molecule has 0 spiro atoms. The first-order valence-corrected chi connectivity index (χ1v) is 10.6. The highest BCUT2D eigenvalue weighted by molar-refractivity contribution is 6.22. The zero-order chi connectivity index (χ0) is 22.4. The number of furan rings is 1. The molecule has 32 heavy (non-hydrogen) atoms. The van der Waals surface area contributed by atoms with Gasteiger partial charge >= 0.3 is 0 Å². The standard InChI is InChI=1S/C23H22N4O5/c1-12(2)18(21-25-19(26-32-21)13-5-6-13)24-20(28)14-7-8-16-17(10-14)23(30)27(22(16)29)11-15-4-3-9-31-15/h3-4,7-10,12-13,18H,5-6,11H2,1-2H3,(H,24,28). The predicted octanol–water partition coefficient (Wildman–Crippen LogP) is 3.46. The molecule has 1 unspecified atom stereocenters. The normalized spacial score (nSPS) is 16.5. The molecule has 0 radical (unpaired) electrons. The van der Waals surface area contributed by atoms with Crippen molar-refractivity contribution in [1.82, 2.24) is 20.4 Å². The molecular formula is C23H22N4O5. The second-order valence-corrected chi connectivity index (χ2v) is 8.50. The van der Waals surface area contributed by atoms with Crippen molar-refractivity contribution in [3.8, 4) is 0 Å². The van der Waals surface area contributed by atoms with E-state index in [1.807, 2.05) is 13.8 Å². The van der Waals surface area contributed by atoms with E-state index in [2.05, 4.69) is 15.5 Å². The highest BCUT2D eigenvalue weighted by atomic mass is 16.5. The van der Waals surface area contributed by atoms with Gasteiger partial charge in [-0.15, -0.1) is 0 Å². The Bertz CT molecular complexity index is 1190. The van der Waals surface area contributed by atoms with Gasteiger partial charge in [-0.05, 0) is 49.1 Å². The van der Waals surface area contributed by atoms with Crippen LogP contribution in [0.15, 0.2) is 45.5 Å². The molecule has 2 aromatic heterocycles. The van der Waals surface area contributed by atoms with E-state index in [0.29, 0.717) is 23.4 Å². The maximum Gasteiger partial charge on any atom is 0.261 e. The van der Waals surface area contributed by atoms with Gasteiger partial charge in [-0.25, -0.2) is 0 Å². The molecule has 164 valence electrons. The molecule has 9 nitrogen and oxygen atoms in total. The van der Waals surface area contributed by atoms with Crippen LogP contribution in [0.4, 0.5) is 0 Å². The number of benzene rings is 1. The molecule has 0 saturated heterocycles. The van der Waals surface area contributed by atoms with E-state index >= 15 is 0 Å². The fourth-order valence-corrected chi connectivity index (χ4v) is 3.75. The summed E-state index contributed by atoms with van der Waals surface area (Å²) in [5, 5.41) is 6.96. The molecule has 9 heteroatoms. The van der Waals surface area contributed by atoms with E-state index in [9.17, 15) is 14.4 Å². The van der Waals surface area contributed by atoms with E-state index < -0.39 is 17.9 Å². The topological polar surface area (TPSA) is 119 Å². The Morgan fingerprint density at radius 2 is 1.97 bits per heavy atom. The molecule has 0 bridgehead atoms. The Morgan fingerprint density at radius 3 is 2.66 bits per heavy atom. The van der Waals surface area contributed by atoms with Crippen LogP contribution in [-0.4, -0.2) is 32.8 Å². The minimum Gasteiger partial charge on any atom is -0.467 e. The quantitative estimate of drug-likeness (QED) is 0.566. The average Bonchev–Trinajstić information content (AvgIpc) is 3.19. The molecule has 1 saturated carbocycles. The second kappa shape index (κ2) is 7.74. The van der Waals surface area contributed by atoms with Gasteiger partial charge in [0, 0.05) is 11.5 Å². The van der Waals surface area contributed by atoms with Crippen molar-refractivity contribution >= 4 is 17.7 Å². The summed E-state index contributed by atoms with van der Waals surface area (Å²) in [7, 11) is 0. The van der Waals surface area contributed by atoms with Crippen LogP contribution >= 0.6 is 0 Å². The lowest BCUT2D eigenvalue weighted by molar-refractivity contribution is 0.0631. The summed E-state index contributed by atoms with van der Waals surface area (Å²) in [6, 6.07) is 7.42. The van der Waals surface area contributed by atoms with Crippen molar-refractivity contribution in [2.45, 2.75) is 45.2 Å². The SMILES string of the molecule is CC(C)C(NC(=O)c1ccc2c(c1)C(=O)N(Cc1ccco1)C2=O)c1nc(C2CC2)no1. The van der Waals surface area contributed by atoms with Crippen LogP contribution in [0, 0.1) is 5.92 Å². The van der Waals surface area contributed by atoms with Crippen LogP contribution in [0.25, 0.3) is 0 Å². The summed E-state index contributed by atoms with van der Waals surface area (Å²) in [6.07, 6.45) is 3.59. The van der Waals surface area contributed by atoms with Gasteiger partial charge in [-0.2, -0.15) is 4.98 Å². The first kappa shape index (κ1) is 20.2. The lowest BCUT2D eigenvalue weighted by Gasteiger charge is -2.18. The number of rotatable bonds is 7. The van der Waals surface area contributed by atoms with Gasteiger partial charge in [0.05, 0.1) is 23.9 Å². The average molecular weight is 434 g/mol. The number of hydrogen-bond donors (Lipinski definition) is 1. The summed E-state index contributed by atoms with van der Waals surface area (Å²) in [6.45, 7) is 3.93. The summed E-state index contributed by atoms with van der Waals surface area (Å²) < 4.78 is 10.7. The highest BCUT2D eigenvalue weighted by Gasteiger charge is 2.37. The van der Waals surface area contributed by atoms with E-state index in [0.717, 1.165) is 17.7 Å². The van der Waals surface area contributed by atoms with Gasteiger partial charge in [-0.1, -0.05) is 19.0 Å². The Morgan fingerprint density at radius 1 is 1.19 bits per heavy atom. The maximum absolute atomic E-state index is 13.0. The molecule has 1 aliphatic heterocycles. The number of nitrogens with zero attached hydrogens (tertiary/aromatic N) is 3. The fraction of sp³-hybridized carbons (Fsp3) is 0.348. The van der Waals surface area contributed by atoms with Crippen LogP contribution in [0.3, 0.4) is 0 Å². The highest BCUT2D eigenvalue weighted by Crippen LogP contribution is 2.38. The fourth-order valence-electron chi connectivity index (χ4n) is 3.75. The number of hydrogen-bond acceptors (Lipinski definition) is 7. The Balaban J connectivity index is 1.35. The number of carbonyl (C=O) groups is 3. The lowest BCUT2D eigenvalue weighted by Crippen LogP contribution is -2.32. The molecule has 5 rings (SSSR count). The molecular weight excluding hydrogens is 412 g/mol. The molecule has 1 fully saturated rings. The minimum absolute atomic E-state index is 0.00729. The molecule has 3 aromatic rings. The lowest BCUT2D eigenvalue weighted by atomic mass is 10.0. The van der Waals surface area contributed by atoms with Crippen molar-refractivity contribution in [2.24, 2.45) is 5.92 Å². The van der Waals surface area contributed by atoms with Crippen LogP contribution in [0.5, 0.6) is 0 Å². The van der Waals surface area contributed by atoms with Gasteiger partial charge in [0.2, 0.25) is 5.89 Å². The van der Waals surface area contributed by atoms with Crippen molar-refractivity contribution in [1.29, 1.82) is 0 Å². The summed E-state index contributed by atoms with van der Waals surface area (Å²) in [4.78, 5) is 44.1. The van der Waals surface area contributed by atoms with Gasteiger partial charge in [0.15, 0.2) is 5.82 Å². The molecule has 1 aromatic carbocycles. The van der Waals surface area contributed by atoms with Crippen LogP contribution in [0.1, 0.15) is 87.2 Å². The molecule has 3 amide bonds. The number of amides is 3. The number of nitrogens with one attached hydrogen (secondary N) is 1. The largest absolute Gasteiger partial charge is 0.467 e. The smallest absolute Gasteiger partial charge is 0.261 e. The zero-order valence-corrected chi connectivity index (χ0v) is 17.7. The van der Waals surface area contributed by atoms with Crippen molar-refractivity contribution in [2.75, 3.05) is 0 Å². The van der Waals surface area contributed by atoms with E-state index in [-0.39, 0.29) is 35.1 Å². The molecule has 1 N–H and O–H groups in total. The molecule has 1 aliphatic carbocycles. The number of carbonyl (C=O) groups excluding carboxylic acids is 3. The first-order valence-electron chi connectivity index (χ1n) is 10.6. The first-order chi connectivity index (χ1) is 15.4. The third-order valence-electron chi connectivity index (χ3n) is 5.75. The minimum atomic E-state index is -0.469. The number of imide groups is 1. The van der Waals surface area contributed by atoms with Gasteiger partial charge in [0.1, 0.15) is 11.8 Å². The Hall–Kier alpha value is -3.75. The summed E-state index contributed by atoms with van der Waals surface area (Å²) >= 11 is 0. The van der Waals surface area contributed by atoms with Crippen LogP contribution in [-0.2, 0) is 6.54 Å². The second-order valence-electron chi connectivity index (χ2n) is 8.50. The zero-order valence-electron chi connectivity index (χ0n) is 17.7. The molecule has 1 atom stereocenters. The third kappa shape index (κ3) is 3.59. The van der Waals surface area contributed by atoms with E-state index in [4.69, 9.17) is 8.94 Å². The van der Waals surface area contributed by atoms with Crippen molar-refractivity contribution < 1.29 is 23.3 Å². The van der Waals surface area contributed by atoms with Gasteiger partial charge < -0.3 is 14.3 Å². The maximum atomic E-state index is 13.0. The Labute approximate surface area is 183 Å². The monoisotopic (exact) mass is 434 g/mol. The summed E-state index contributed by atoms with van der Waals surface area (Å²) in [5.74, 6) is 0.651. The van der Waals surface area contributed by atoms with E-state index in [1.165, 1.54) is 24.5 Å². The number of aromatic nitrogens is 2. The number of fused-ring (bicyclic) bond motifs is 1. The van der Waals surface area contributed by atoms with Gasteiger partial charge in [-0.3, -0.25) is 19.3 Å². The van der Waals surface area contributed by atoms with E-state index in [1.54, 1.807) is 12.1 Å². The van der Waals surface area contributed by atoms with Crippen molar-refractivity contribution in [3.63, 3.8) is 0 Å². The van der Waals surface area contributed by atoms with Gasteiger partial charge in [0.25, 0.3) is 17.7 Å². The molecule has 3 heterocycles. The Kier molecular flexibility index (Phi) is 4.88. The van der Waals surface area contributed by atoms with Crippen molar-refractivity contribution in [3.05, 3.63) is 70.8 Å². The predicted molar refractivity (Wildman–Crippen MR) is 111 cm³/mol. The van der Waals surface area contributed by atoms with Crippen LogP contribution < -0.4 is 5.32 Å². The van der Waals surface area contributed by atoms with Crippen LogP contribution in [0.2, 0.25) is 0 Å².